The molecular weight excluding hydrogens is 270 g/mol. The smallest absolute Gasteiger partial charge is 0.285 e. The molecule has 3 rings (SSSR count). The number of hydrogen-bond donors (Lipinski definition) is 1. The first kappa shape index (κ1) is 14.9. The lowest BCUT2D eigenvalue weighted by Gasteiger charge is -2.47. The van der Waals surface area contributed by atoms with Crippen LogP contribution in [0.25, 0.3) is 0 Å². The molecule has 4 heteroatoms. The molecule has 1 saturated heterocycles. The van der Waals surface area contributed by atoms with Crippen LogP contribution in [0.5, 0.6) is 0 Å². The minimum atomic E-state index is -2.80. The molecule has 0 bridgehead atoms. The molecule has 1 atom stereocenters. The Labute approximate surface area is 125 Å². The van der Waals surface area contributed by atoms with Crippen LogP contribution >= 0.6 is 0 Å². The summed E-state index contributed by atoms with van der Waals surface area (Å²) >= 11 is 0. The first-order chi connectivity index (χ1) is 9.88. The molecule has 0 aromatic heterocycles. The first-order valence-electron chi connectivity index (χ1n) is 7.80. The first-order valence-corrected chi connectivity index (χ1v) is 7.80. The summed E-state index contributed by atoms with van der Waals surface area (Å²) in [4.78, 5) is 1.97. The second kappa shape index (κ2) is 5.33. The van der Waals surface area contributed by atoms with Crippen LogP contribution in [0.15, 0.2) is 30.3 Å². The summed E-state index contributed by atoms with van der Waals surface area (Å²) in [7, 11) is 0. The topological polar surface area (TPSA) is 15.3 Å². The van der Waals surface area contributed by atoms with Crippen LogP contribution in [-0.4, -0.2) is 36.1 Å². The normalized spacial score (nSPS) is 26.8. The van der Waals surface area contributed by atoms with Gasteiger partial charge in [-0.3, -0.25) is 4.90 Å². The lowest BCUT2D eigenvalue weighted by Crippen LogP contribution is -2.64. The zero-order chi connectivity index (χ0) is 15.1. The van der Waals surface area contributed by atoms with Gasteiger partial charge in [-0.05, 0) is 32.6 Å². The van der Waals surface area contributed by atoms with Gasteiger partial charge in [0, 0.05) is 30.2 Å². The second-order valence-electron chi connectivity index (χ2n) is 7.09. The van der Waals surface area contributed by atoms with Crippen molar-refractivity contribution >= 4 is 0 Å². The maximum absolute atomic E-state index is 14.6. The van der Waals surface area contributed by atoms with Crippen molar-refractivity contribution < 1.29 is 8.78 Å². The second-order valence-corrected chi connectivity index (χ2v) is 7.09. The van der Waals surface area contributed by atoms with E-state index < -0.39 is 5.92 Å². The van der Waals surface area contributed by atoms with Crippen molar-refractivity contribution in [1.29, 1.82) is 0 Å². The van der Waals surface area contributed by atoms with Gasteiger partial charge < -0.3 is 5.32 Å². The monoisotopic (exact) mass is 294 g/mol. The quantitative estimate of drug-likeness (QED) is 0.917. The van der Waals surface area contributed by atoms with Gasteiger partial charge in [0.25, 0.3) is 5.92 Å². The van der Waals surface area contributed by atoms with E-state index in [-0.39, 0.29) is 17.6 Å². The van der Waals surface area contributed by atoms with Gasteiger partial charge in [0.2, 0.25) is 0 Å². The summed E-state index contributed by atoms with van der Waals surface area (Å²) in [5, 5.41) is 3.54. The molecule has 2 fully saturated rings. The van der Waals surface area contributed by atoms with Crippen molar-refractivity contribution in [2.45, 2.75) is 44.2 Å². The largest absolute Gasteiger partial charge is 0.311 e. The van der Waals surface area contributed by atoms with Crippen LogP contribution in [0.4, 0.5) is 8.78 Å². The summed E-state index contributed by atoms with van der Waals surface area (Å²) < 4.78 is 29.1. The highest BCUT2D eigenvalue weighted by Gasteiger charge is 2.44. The number of nitrogens with one attached hydrogen (secondary N) is 1. The Morgan fingerprint density at radius 1 is 1.24 bits per heavy atom. The molecular formula is C17H24F2N2. The highest BCUT2D eigenvalue weighted by molar-refractivity contribution is 5.20. The fourth-order valence-electron chi connectivity index (χ4n) is 3.15. The van der Waals surface area contributed by atoms with Crippen LogP contribution in [-0.2, 0) is 5.92 Å². The van der Waals surface area contributed by atoms with Crippen LogP contribution in [0, 0.1) is 5.92 Å². The molecule has 0 spiro atoms. The number of nitrogens with zero attached hydrogens (tertiary/aromatic N) is 1. The minimum Gasteiger partial charge on any atom is -0.311 e. The fraction of sp³-hybridized carbons (Fsp3) is 0.647. The molecule has 1 aliphatic carbocycles. The van der Waals surface area contributed by atoms with E-state index in [9.17, 15) is 8.78 Å². The van der Waals surface area contributed by atoms with E-state index in [1.54, 1.807) is 18.2 Å². The SMILES string of the molecule is CC1(C)CNC(C2CC2)CN1CC(F)(F)c1ccccc1. The third-order valence-electron chi connectivity index (χ3n) is 4.85. The van der Waals surface area contributed by atoms with Crippen molar-refractivity contribution in [1.82, 2.24) is 10.2 Å². The standard InChI is InChI=1S/C17H24F2N2/c1-16(2)11-20-15(13-8-9-13)10-21(16)12-17(18,19)14-6-4-3-5-7-14/h3-7,13,15,20H,8-12H2,1-2H3. The highest BCUT2D eigenvalue weighted by Crippen LogP contribution is 2.37. The average molecular weight is 294 g/mol. The Kier molecular flexibility index (Phi) is 3.78. The third kappa shape index (κ3) is 3.27. The Morgan fingerprint density at radius 3 is 2.52 bits per heavy atom. The Morgan fingerprint density at radius 2 is 1.90 bits per heavy atom. The molecule has 1 heterocycles. The molecule has 1 unspecified atom stereocenters. The van der Waals surface area contributed by atoms with Crippen LogP contribution in [0.1, 0.15) is 32.3 Å². The maximum atomic E-state index is 14.6. The molecule has 2 nitrogen and oxygen atoms in total. The number of rotatable bonds is 4. The molecule has 21 heavy (non-hydrogen) atoms. The van der Waals surface area contributed by atoms with Gasteiger partial charge in [0.1, 0.15) is 0 Å². The fourth-order valence-corrected chi connectivity index (χ4v) is 3.15. The average Bonchev–Trinajstić information content (AvgIpc) is 3.26. The van der Waals surface area contributed by atoms with Crippen molar-refractivity contribution in [3.05, 3.63) is 35.9 Å². The van der Waals surface area contributed by atoms with Gasteiger partial charge in [-0.15, -0.1) is 0 Å². The Hall–Kier alpha value is -1.00. The zero-order valence-corrected chi connectivity index (χ0v) is 12.8. The van der Waals surface area contributed by atoms with Gasteiger partial charge in [0.15, 0.2) is 0 Å². The highest BCUT2D eigenvalue weighted by atomic mass is 19.3. The van der Waals surface area contributed by atoms with E-state index in [1.807, 2.05) is 18.7 Å². The Bertz CT molecular complexity index is 483. The molecule has 1 aromatic rings. The molecule has 1 saturated carbocycles. The van der Waals surface area contributed by atoms with Crippen LogP contribution in [0.3, 0.4) is 0 Å². The molecule has 1 N–H and O–H groups in total. The van der Waals surface area contributed by atoms with Crippen molar-refractivity contribution in [2.75, 3.05) is 19.6 Å². The molecule has 2 aliphatic rings. The molecule has 116 valence electrons. The summed E-state index contributed by atoms with van der Waals surface area (Å²) in [5.74, 6) is -2.11. The van der Waals surface area contributed by atoms with Gasteiger partial charge >= 0.3 is 0 Å². The maximum Gasteiger partial charge on any atom is 0.285 e. The third-order valence-corrected chi connectivity index (χ3v) is 4.85. The van der Waals surface area contributed by atoms with Crippen molar-refractivity contribution in [3.63, 3.8) is 0 Å². The lowest BCUT2D eigenvalue weighted by atomic mass is 9.94. The van der Waals surface area contributed by atoms with Crippen LogP contribution in [0.2, 0.25) is 0 Å². The predicted octanol–water partition coefficient (Wildman–Crippen LogP) is 3.24. The van der Waals surface area contributed by atoms with Gasteiger partial charge in [-0.25, -0.2) is 0 Å². The van der Waals surface area contributed by atoms with Gasteiger partial charge in [-0.2, -0.15) is 8.78 Å². The summed E-state index contributed by atoms with van der Waals surface area (Å²) in [5.41, 5.74) is -0.119. The summed E-state index contributed by atoms with van der Waals surface area (Å²) in [6.07, 6.45) is 2.47. The number of hydrogen-bond acceptors (Lipinski definition) is 2. The van der Waals surface area contributed by atoms with Crippen LogP contribution < -0.4 is 5.32 Å². The van der Waals surface area contributed by atoms with E-state index in [0.717, 1.165) is 13.1 Å². The zero-order valence-electron chi connectivity index (χ0n) is 12.8. The predicted molar refractivity (Wildman–Crippen MR) is 80.5 cm³/mol. The van der Waals surface area contributed by atoms with E-state index >= 15 is 0 Å². The number of piperazine rings is 1. The van der Waals surface area contributed by atoms with E-state index in [2.05, 4.69) is 5.32 Å². The van der Waals surface area contributed by atoms with E-state index in [4.69, 9.17) is 0 Å². The minimum absolute atomic E-state index is 0.113. The van der Waals surface area contributed by atoms with E-state index in [1.165, 1.54) is 25.0 Å². The molecule has 1 aliphatic heterocycles. The summed E-state index contributed by atoms with van der Waals surface area (Å²) in [6, 6.07) is 8.56. The number of benzene rings is 1. The lowest BCUT2D eigenvalue weighted by molar-refractivity contribution is -0.0740. The van der Waals surface area contributed by atoms with Crippen molar-refractivity contribution in [2.24, 2.45) is 5.92 Å². The van der Waals surface area contributed by atoms with E-state index in [0.29, 0.717) is 12.0 Å². The number of halogens is 2. The Balaban J connectivity index is 1.74. The van der Waals surface area contributed by atoms with Gasteiger partial charge in [0.05, 0.1) is 6.54 Å². The summed E-state index contributed by atoms with van der Waals surface area (Å²) in [6.45, 7) is 5.39. The van der Waals surface area contributed by atoms with Crippen molar-refractivity contribution in [3.8, 4) is 0 Å². The van der Waals surface area contributed by atoms with Gasteiger partial charge in [-0.1, -0.05) is 30.3 Å². The molecule has 1 aromatic carbocycles. The molecule has 0 amide bonds. The molecule has 0 radical (unpaired) electrons. The number of alkyl halides is 2.